The van der Waals surface area contributed by atoms with E-state index in [1.807, 2.05) is 27.7 Å². The van der Waals surface area contributed by atoms with E-state index in [0.717, 1.165) is 24.5 Å². The van der Waals surface area contributed by atoms with E-state index in [0.29, 0.717) is 0 Å². The molecule has 0 bridgehead atoms. The summed E-state index contributed by atoms with van der Waals surface area (Å²) in [6.45, 7) is 10.3. The molecule has 0 radical (unpaired) electrons. The van der Waals surface area contributed by atoms with Crippen molar-refractivity contribution in [2.45, 2.75) is 38.9 Å². The largest absolute Gasteiger partial charge is 0.498 e. The first-order valence-corrected chi connectivity index (χ1v) is 6.32. The van der Waals surface area contributed by atoms with Gasteiger partial charge in [-0.1, -0.05) is 0 Å². The van der Waals surface area contributed by atoms with Crippen molar-refractivity contribution in [3.8, 4) is 0 Å². The molecule has 1 aromatic heterocycles. The lowest BCUT2D eigenvalue weighted by molar-refractivity contribution is 0.00578. The Morgan fingerprint density at radius 3 is 2.00 bits per heavy atom. The minimum atomic E-state index is -0.377. The van der Waals surface area contributed by atoms with E-state index in [1.54, 1.807) is 12.4 Å². The van der Waals surface area contributed by atoms with Crippen molar-refractivity contribution in [2.24, 2.45) is 0 Å². The zero-order chi connectivity index (χ0) is 13.0. The summed E-state index contributed by atoms with van der Waals surface area (Å²) in [5.74, 6) is 0.787. The fourth-order valence-electron chi connectivity index (χ4n) is 1.85. The van der Waals surface area contributed by atoms with Gasteiger partial charge in [-0.15, -0.1) is 0 Å². The average molecular weight is 247 g/mol. The minimum Gasteiger partial charge on any atom is -0.399 e. The lowest BCUT2D eigenvalue weighted by Gasteiger charge is -2.32. The van der Waals surface area contributed by atoms with Crippen molar-refractivity contribution in [1.82, 2.24) is 9.97 Å². The van der Waals surface area contributed by atoms with E-state index >= 15 is 0 Å². The summed E-state index contributed by atoms with van der Waals surface area (Å²) in [5, 5.41) is 0. The normalized spacial score (nSPS) is 24.4. The van der Waals surface area contributed by atoms with Crippen LogP contribution in [0.1, 0.15) is 27.7 Å². The van der Waals surface area contributed by atoms with Crippen LogP contribution in [0.15, 0.2) is 12.4 Å². The second-order valence-corrected chi connectivity index (χ2v) is 5.89. The lowest BCUT2D eigenvalue weighted by Crippen LogP contribution is -2.41. The van der Waals surface area contributed by atoms with Crippen molar-refractivity contribution in [1.29, 1.82) is 0 Å². The summed E-state index contributed by atoms with van der Waals surface area (Å²) in [6, 6.07) is 0. The van der Waals surface area contributed by atoms with Crippen LogP contribution < -0.4 is 10.4 Å². The molecule has 0 atom stereocenters. The van der Waals surface area contributed by atoms with Crippen LogP contribution in [0.2, 0.25) is 0 Å². The van der Waals surface area contributed by atoms with Gasteiger partial charge in [-0.25, -0.2) is 9.97 Å². The monoisotopic (exact) mass is 247 g/mol. The van der Waals surface area contributed by atoms with Gasteiger partial charge in [0.1, 0.15) is 0 Å². The zero-order valence-corrected chi connectivity index (χ0v) is 11.3. The molecular weight excluding hydrogens is 229 g/mol. The third kappa shape index (κ3) is 1.89. The van der Waals surface area contributed by atoms with Crippen LogP contribution in [0, 0.1) is 0 Å². The SMILES string of the molecule is CC1(C)OB(c2cnc(N3CC3)nc2)OC1(C)C. The quantitative estimate of drug-likeness (QED) is 0.565. The Bertz CT molecular complexity index is 441. The second kappa shape index (κ2) is 3.68. The van der Waals surface area contributed by atoms with Gasteiger partial charge in [-0.2, -0.15) is 0 Å². The van der Waals surface area contributed by atoms with Crippen molar-refractivity contribution in [2.75, 3.05) is 18.0 Å². The Morgan fingerprint density at radius 2 is 1.56 bits per heavy atom. The van der Waals surface area contributed by atoms with Gasteiger partial charge < -0.3 is 14.2 Å². The summed E-state index contributed by atoms with van der Waals surface area (Å²) >= 11 is 0. The minimum absolute atomic E-state index is 0.323. The molecule has 0 unspecified atom stereocenters. The predicted molar refractivity (Wildman–Crippen MR) is 70.0 cm³/mol. The molecule has 0 N–H and O–H groups in total. The molecule has 18 heavy (non-hydrogen) atoms. The number of rotatable bonds is 2. The molecule has 0 spiro atoms. The standard InChI is InChI=1S/C12H18BN3O2/c1-11(2)12(3,4)18-13(17-11)9-7-14-10(15-8-9)16-5-6-16/h7-8H,5-6H2,1-4H3. The van der Waals surface area contributed by atoms with Crippen molar-refractivity contribution >= 4 is 18.5 Å². The number of hydrogen-bond donors (Lipinski definition) is 0. The number of hydrogen-bond acceptors (Lipinski definition) is 5. The van der Waals surface area contributed by atoms with Gasteiger partial charge in [0, 0.05) is 30.9 Å². The third-order valence-corrected chi connectivity index (χ3v) is 3.91. The maximum Gasteiger partial charge on any atom is 0.498 e. The summed E-state index contributed by atoms with van der Waals surface area (Å²) in [7, 11) is -0.377. The van der Waals surface area contributed by atoms with E-state index in [-0.39, 0.29) is 18.3 Å². The molecule has 6 heteroatoms. The summed E-state index contributed by atoms with van der Waals surface area (Å²) < 4.78 is 11.9. The van der Waals surface area contributed by atoms with E-state index in [2.05, 4.69) is 14.9 Å². The Hall–Kier alpha value is -1.14. The van der Waals surface area contributed by atoms with Gasteiger partial charge in [-0.3, -0.25) is 0 Å². The number of aromatic nitrogens is 2. The van der Waals surface area contributed by atoms with Crippen LogP contribution in [0.3, 0.4) is 0 Å². The van der Waals surface area contributed by atoms with Gasteiger partial charge in [-0.05, 0) is 27.7 Å². The Kier molecular flexibility index (Phi) is 2.44. The van der Waals surface area contributed by atoms with Crippen LogP contribution in [0.4, 0.5) is 5.95 Å². The second-order valence-electron chi connectivity index (χ2n) is 5.89. The van der Waals surface area contributed by atoms with Crippen LogP contribution in [0.5, 0.6) is 0 Å². The van der Waals surface area contributed by atoms with Gasteiger partial charge in [0.2, 0.25) is 5.95 Å². The van der Waals surface area contributed by atoms with E-state index < -0.39 is 0 Å². The first kappa shape index (κ1) is 11.9. The fraction of sp³-hybridized carbons (Fsp3) is 0.667. The first-order valence-electron chi connectivity index (χ1n) is 6.32. The number of anilines is 1. The maximum absolute atomic E-state index is 5.95. The molecule has 0 saturated carbocycles. The molecule has 96 valence electrons. The molecule has 2 aliphatic heterocycles. The molecule has 2 saturated heterocycles. The van der Waals surface area contributed by atoms with Crippen molar-refractivity contribution in [3.63, 3.8) is 0 Å². The predicted octanol–water partition coefficient (Wildman–Crippen LogP) is 0.596. The Morgan fingerprint density at radius 1 is 1.06 bits per heavy atom. The highest BCUT2D eigenvalue weighted by Crippen LogP contribution is 2.36. The van der Waals surface area contributed by atoms with Gasteiger partial charge >= 0.3 is 7.12 Å². The molecule has 0 amide bonds. The fourth-order valence-corrected chi connectivity index (χ4v) is 1.85. The molecular formula is C12H18BN3O2. The molecule has 2 aliphatic rings. The van der Waals surface area contributed by atoms with Crippen LogP contribution >= 0.6 is 0 Å². The smallest absolute Gasteiger partial charge is 0.399 e. The summed E-state index contributed by atoms with van der Waals surface area (Å²) in [5.41, 5.74) is 0.228. The van der Waals surface area contributed by atoms with E-state index in [9.17, 15) is 0 Å². The van der Waals surface area contributed by atoms with E-state index in [4.69, 9.17) is 9.31 Å². The number of nitrogens with zero attached hydrogens (tertiary/aromatic N) is 3. The van der Waals surface area contributed by atoms with Gasteiger partial charge in [0.25, 0.3) is 0 Å². The highest BCUT2D eigenvalue weighted by Gasteiger charge is 2.51. The van der Waals surface area contributed by atoms with Gasteiger partial charge in [0.15, 0.2) is 0 Å². The van der Waals surface area contributed by atoms with Crippen molar-refractivity contribution in [3.05, 3.63) is 12.4 Å². The first-order chi connectivity index (χ1) is 8.39. The average Bonchev–Trinajstić information content (AvgIpc) is 3.08. The molecule has 3 rings (SSSR count). The van der Waals surface area contributed by atoms with Crippen LogP contribution in [-0.4, -0.2) is 41.4 Å². The third-order valence-electron chi connectivity index (χ3n) is 3.91. The highest BCUT2D eigenvalue weighted by atomic mass is 16.7. The Labute approximate surface area is 108 Å². The molecule has 2 fully saturated rings. The Balaban J connectivity index is 1.79. The topological polar surface area (TPSA) is 47.2 Å². The molecule has 0 aliphatic carbocycles. The summed E-state index contributed by atoms with van der Waals surface area (Å²) in [6.07, 6.45) is 3.59. The van der Waals surface area contributed by atoms with E-state index in [1.165, 1.54) is 0 Å². The van der Waals surface area contributed by atoms with Crippen LogP contribution in [0.25, 0.3) is 0 Å². The lowest BCUT2D eigenvalue weighted by atomic mass is 9.81. The maximum atomic E-state index is 5.95. The highest BCUT2D eigenvalue weighted by molar-refractivity contribution is 6.61. The van der Waals surface area contributed by atoms with Gasteiger partial charge in [0.05, 0.1) is 11.2 Å². The molecule has 0 aromatic carbocycles. The molecule has 1 aromatic rings. The van der Waals surface area contributed by atoms with Crippen molar-refractivity contribution < 1.29 is 9.31 Å². The zero-order valence-electron chi connectivity index (χ0n) is 11.3. The summed E-state index contributed by atoms with van der Waals surface area (Å²) in [4.78, 5) is 10.8. The van der Waals surface area contributed by atoms with Crippen LogP contribution in [-0.2, 0) is 9.31 Å². The molecule has 3 heterocycles. The molecule has 5 nitrogen and oxygen atoms in total.